The number of hydrogen-bond acceptors (Lipinski definition) is 4. The Morgan fingerprint density at radius 1 is 1.22 bits per heavy atom. The lowest BCUT2D eigenvalue weighted by Crippen LogP contribution is -2.39. The topological polar surface area (TPSA) is 92.7 Å². The summed E-state index contributed by atoms with van der Waals surface area (Å²) in [5.74, 6) is -1.09. The second-order valence-corrected chi connectivity index (χ2v) is 6.98. The Labute approximate surface area is 135 Å². The molecule has 0 heterocycles. The van der Waals surface area contributed by atoms with Gasteiger partial charge in [-0.05, 0) is 23.9 Å². The van der Waals surface area contributed by atoms with E-state index in [1.807, 2.05) is 19.1 Å². The van der Waals surface area contributed by atoms with E-state index >= 15 is 0 Å². The smallest absolute Gasteiger partial charge is 0.305 e. The van der Waals surface area contributed by atoms with E-state index in [4.69, 9.17) is 9.84 Å². The van der Waals surface area contributed by atoms with Gasteiger partial charge in [-0.15, -0.1) is 0 Å². The third-order valence-corrected chi connectivity index (χ3v) is 5.08. The molecule has 6 nitrogen and oxygen atoms in total. The molecule has 23 heavy (non-hydrogen) atoms. The van der Waals surface area contributed by atoms with Gasteiger partial charge in [0.25, 0.3) is 0 Å². The van der Waals surface area contributed by atoms with Crippen LogP contribution >= 0.6 is 0 Å². The van der Waals surface area contributed by atoms with E-state index < -0.39 is 22.0 Å². The van der Waals surface area contributed by atoms with Gasteiger partial charge >= 0.3 is 5.97 Å². The Morgan fingerprint density at radius 2 is 1.87 bits per heavy atom. The van der Waals surface area contributed by atoms with Crippen LogP contribution in [0.5, 0.6) is 0 Å². The average Bonchev–Trinajstić information content (AvgIpc) is 2.46. The van der Waals surface area contributed by atoms with Crippen LogP contribution in [0.4, 0.5) is 0 Å². The zero-order valence-corrected chi connectivity index (χ0v) is 13.8. The number of rotatable bonds is 7. The Kier molecular flexibility index (Phi) is 5.35. The quantitative estimate of drug-likeness (QED) is 0.805. The van der Waals surface area contributed by atoms with E-state index in [0.29, 0.717) is 5.39 Å². The largest absolute Gasteiger partial charge is 0.481 e. The predicted octanol–water partition coefficient (Wildman–Crippen LogP) is 1.92. The molecular weight excluding hydrogens is 318 g/mol. The highest BCUT2D eigenvalue weighted by Gasteiger charge is 2.24. The van der Waals surface area contributed by atoms with Crippen molar-refractivity contribution in [2.45, 2.75) is 24.3 Å². The molecule has 0 amide bonds. The molecule has 2 aromatic rings. The summed E-state index contributed by atoms with van der Waals surface area (Å²) < 4.78 is 32.7. The normalized spacial score (nSPS) is 13.1. The van der Waals surface area contributed by atoms with E-state index in [1.54, 1.807) is 18.2 Å². The van der Waals surface area contributed by atoms with Crippen LogP contribution in [0, 0.1) is 6.92 Å². The highest BCUT2D eigenvalue weighted by molar-refractivity contribution is 7.89. The van der Waals surface area contributed by atoms with Crippen molar-refractivity contribution in [3.63, 3.8) is 0 Å². The maximum absolute atomic E-state index is 12.7. The van der Waals surface area contributed by atoms with Gasteiger partial charge in [0.05, 0.1) is 24.0 Å². The molecule has 7 heteroatoms. The highest BCUT2D eigenvalue weighted by Crippen LogP contribution is 2.26. The van der Waals surface area contributed by atoms with Gasteiger partial charge in [0.15, 0.2) is 0 Å². The first-order chi connectivity index (χ1) is 10.8. The zero-order valence-electron chi connectivity index (χ0n) is 12.9. The van der Waals surface area contributed by atoms with Gasteiger partial charge in [-0.1, -0.05) is 30.3 Å². The minimum absolute atomic E-state index is 0.0185. The number of carboxylic acids is 1. The molecule has 0 aromatic heterocycles. The van der Waals surface area contributed by atoms with Gasteiger partial charge in [0, 0.05) is 12.5 Å². The van der Waals surface area contributed by atoms with Crippen molar-refractivity contribution in [1.29, 1.82) is 0 Å². The average molecular weight is 337 g/mol. The summed E-state index contributed by atoms with van der Waals surface area (Å²) in [5.41, 5.74) is 0.971. The fourth-order valence-corrected chi connectivity index (χ4v) is 3.92. The fraction of sp³-hybridized carbons (Fsp3) is 0.312. The van der Waals surface area contributed by atoms with E-state index in [0.717, 1.165) is 10.9 Å². The minimum atomic E-state index is -3.86. The number of benzene rings is 2. The van der Waals surface area contributed by atoms with Crippen molar-refractivity contribution >= 4 is 26.8 Å². The predicted molar refractivity (Wildman–Crippen MR) is 86.9 cm³/mol. The maximum Gasteiger partial charge on any atom is 0.305 e. The second-order valence-electron chi connectivity index (χ2n) is 5.30. The van der Waals surface area contributed by atoms with Crippen molar-refractivity contribution in [3.8, 4) is 0 Å². The number of aliphatic carboxylic acids is 1. The van der Waals surface area contributed by atoms with Crippen molar-refractivity contribution in [2.75, 3.05) is 13.7 Å². The Balaban J connectivity index is 2.43. The first-order valence-corrected chi connectivity index (χ1v) is 8.55. The summed E-state index contributed by atoms with van der Waals surface area (Å²) in [6, 6.07) is 9.64. The summed E-state index contributed by atoms with van der Waals surface area (Å²) in [6.07, 6.45) is -0.350. The summed E-state index contributed by atoms with van der Waals surface area (Å²) >= 11 is 0. The number of ether oxygens (including phenoxy) is 1. The summed E-state index contributed by atoms with van der Waals surface area (Å²) in [4.78, 5) is 11.0. The van der Waals surface area contributed by atoms with Crippen LogP contribution in [-0.2, 0) is 19.6 Å². The molecule has 0 spiro atoms. The first kappa shape index (κ1) is 17.4. The molecule has 0 saturated heterocycles. The molecule has 1 atom stereocenters. The molecule has 2 aromatic carbocycles. The number of sulfonamides is 1. The summed E-state index contributed by atoms with van der Waals surface area (Å²) in [6.45, 7) is 1.89. The molecule has 0 aliphatic carbocycles. The van der Waals surface area contributed by atoms with E-state index in [-0.39, 0.29) is 17.9 Å². The molecule has 0 saturated carbocycles. The fourth-order valence-electron chi connectivity index (χ4n) is 2.49. The van der Waals surface area contributed by atoms with Crippen molar-refractivity contribution < 1.29 is 23.1 Å². The standard InChI is InChI=1S/C16H19NO5S/c1-11-7-8-15(14-6-4-3-5-13(11)14)23(20,21)17-12(10-22-2)9-16(18)19/h3-8,12,17H,9-10H2,1-2H3,(H,18,19)/t12-/m1/s1. The summed E-state index contributed by atoms with van der Waals surface area (Å²) in [5, 5.41) is 10.3. The van der Waals surface area contributed by atoms with E-state index in [1.165, 1.54) is 13.2 Å². The third kappa shape index (κ3) is 4.07. The number of carbonyl (C=O) groups is 1. The van der Waals surface area contributed by atoms with Crippen LogP contribution in [0.1, 0.15) is 12.0 Å². The van der Waals surface area contributed by atoms with Crippen LogP contribution in [-0.4, -0.2) is 39.3 Å². The second kappa shape index (κ2) is 7.08. The van der Waals surface area contributed by atoms with Crippen LogP contribution in [0.3, 0.4) is 0 Å². The lowest BCUT2D eigenvalue weighted by atomic mass is 10.1. The molecule has 0 aliphatic rings. The van der Waals surface area contributed by atoms with Crippen LogP contribution in [0.2, 0.25) is 0 Å². The third-order valence-electron chi connectivity index (χ3n) is 3.50. The highest BCUT2D eigenvalue weighted by atomic mass is 32.2. The van der Waals surface area contributed by atoms with Gasteiger partial charge in [-0.2, -0.15) is 0 Å². The van der Waals surface area contributed by atoms with E-state index in [9.17, 15) is 13.2 Å². The van der Waals surface area contributed by atoms with Gasteiger partial charge < -0.3 is 9.84 Å². The first-order valence-electron chi connectivity index (χ1n) is 7.06. The Morgan fingerprint density at radius 3 is 2.48 bits per heavy atom. The van der Waals surface area contributed by atoms with Gasteiger partial charge in [0.2, 0.25) is 10.0 Å². The van der Waals surface area contributed by atoms with Gasteiger partial charge in [-0.25, -0.2) is 13.1 Å². The molecule has 0 unspecified atom stereocenters. The van der Waals surface area contributed by atoms with Crippen molar-refractivity contribution in [2.24, 2.45) is 0 Å². The molecule has 0 bridgehead atoms. The number of carboxylic acid groups (broad SMARTS) is 1. The van der Waals surface area contributed by atoms with Crippen molar-refractivity contribution in [1.82, 2.24) is 4.72 Å². The lowest BCUT2D eigenvalue weighted by Gasteiger charge is -2.17. The minimum Gasteiger partial charge on any atom is -0.481 e. The lowest BCUT2D eigenvalue weighted by molar-refractivity contribution is -0.137. The number of nitrogens with one attached hydrogen (secondary N) is 1. The molecule has 0 aliphatic heterocycles. The Bertz CT molecular complexity index is 816. The van der Waals surface area contributed by atoms with Gasteiger partial charge in [0.1, 0.15) is 0 Å². The summed E-state index contributed by atoms with van der Waals surface area (Å²) in [7, 11) is -2.47. The van der Waals surface area contributed by atoms with Crippen molar-refractivity contribution in [3.05, 3.63) is 42.0 Å². The Hall–Kier alpha value is -1.96. The molecule has 124 valence electrons. The molecule has 2 rings (SSSR count). The van der Waals surface area contributed by atoms with Gasteiger partial charge in [-0.3, -0.25) is 4.79 Å². The van der Waals surface area contributed by atoms with Crippen LogP contribution < -0.4 is 4.72 Å². The number of aryl methyl sites for hydroxylation is 1. The van der Waals surface area contributed by atoms with Crippen LogP contribution in [0.15, 0.2) is 41.3 Å². The molecule has 0 fully saturated rings. The maximum atomic E-state index is 12.7. The number of hydrogen-bond donors (Lipinski definition) is 2. The van der Waals surface area contributed by atoms with Crippen LogP contribution in [0.25, 0.3) is 10.8 Å². The number of fused-ring (bicyclic) bond motifs is 1. The molecule has 0 radical (unpaired) electrons. The number of methoxy groups -OCH3 is 1. The SMILES string of the molecule is COC[C@@H](CC(=O)O)NS(=O)(=O)c1ccc(C)c2ccccc12. The monoisotopic (exact) mass is 337 g/mol. The molecule has 2 N–H and O–H groups in total. The zero-order chi connectivity index (χ0) is 17.0. The molecular formula is C16H19NO5S. The van der Waals surface area contributed by atoms with E-state index in [2.05, 4.69) is 4.72 Å².